The second-order valence-electron chi connectivity index (χ2n) is 6.98. The molecule has 0 spiro atoms. The van der Waals surface area contributed by atoms with Crippen molar-refractivity contribution in [3.63, 3.8) is 0 Å². The molecule has 2 aliphatic rings. The molecule has 0 N–H and O–H groups in total. The minimum Gasteiger partial charge on any atom is -0.486 e. The number of hydrogen-bond acceptors (Lipinski definition) is 8. The first-order valence-corrected chi connectivity index (χ1v) is 10.3. The van der Waals surface area contributed by atoms with Crippen LogP contribution in [0.25, 0.3) is 4.96 Å². The van der Waals surface area contributed by atoms with Crippen molar-refractivity contribution in [2.45, 2.75) is 13.0 Å². The van der Waals surface area contributed by atoms with Crippen LogP contribution in [0.1, 0.15) is 12.1 Å². The van der Waals surface area contributed by atoms with Gasteiger partial charge in [-0.15, -0.1) is 11.3 Å². The smallest absolute Gasteiger partial charge is 0.311 e. The lowest BCUT2D eigenvalue weighted by Gasteiger charge is -2.22. The Kier molecular flexibility index (Phi) is 4.62. The van der Waals surface area contributed by atoms with E-state index in [-0.39, 0.29) is 31.0 Å². The van der Waals surface area contributed by atoms with E-state index in [1.807, 2.05) is 0 Å². The molecule has 1 aromatic carbocycles. The molecule has 9 nitrogen and oxygen atoms in total. The average Bonchev–Trinajstić information content (AvgIpc) is 3.38. The van der Waals surface area contributed by atoms with Gasteiger partial charge in [0, 0.05) is 42.4 Å². The monoisotopic (exact) mass is 427 g/mol. The maximum atomic E-state index is 12.5. The van der Waals surface area contributed by atoms with Gasteiger partial charge in [0.05, 0.1) is 11.6 Å². The summed E-state index contributed by atoms with van der Waals surface area (Å²) >= 11 is 1.32. The number of esters is 1. The van der Waals surface area contributed by atoms with Crippen LogP contribution in [0.2, 0.25) is 0 Å². The van der Waals surface area contributed by atoms with Gasteiger partial charge in [-0.1, -0.05) is 0 Å². The zero-order chi connectivity index (χ0) is 20.7. The minimum absolute atomic E-state index is 0.0628. The second kappa shape index (κ2) is 7.45. The molecule has 0 aliphatic carbocycles. The molecule has 3 aromatic rings. The summed E-state index contributed by atoms with van der Waals surface area (Å²) in [4.78, 5) is 43.4. The van der Waals surface area contributed by atoms with E-state index in [9.17, 15) is 14.4 Å². The molecule has 2 aromatic heterocycles. The molecule has 4 heterocycles. The van der Waals surface area contributed by atoms with Crippen molar-refractivity contribution in [2.24, 2.45) is 5.92 Å². The van der Waals surface area contributed by atoms with Gasteiger partial charge in [-0.05, 0) is 12.1 Å². The number of thiazole rings is 1. The van der Waals surface area contributed by atoms with E-state index >= 15 is 0 Å². The molecule has 10 heteroatoms. The Labute approximate surface area is 174 Å². The normalized spacial score (nSPS) is 18.1. The largest absolute Gasteiger partial charge is 0.486 e. The summed E-state index contributed by atoms with van der Waals surface area (Å²) in [6.07, 6.45) is 1.70. The van der Waals surface area contributed by atoms with Crippen LogP contribution in [0, 0.1) is 5.92 Å². The van der Waals surface area contributed by atoms with Crippen LogP contribution in [0.4, 0.5) is 5.69 Å². The highest BCUT2D eigenvalue weighted by atomic mass is 32.1. The molecule has 154 valence electrons. The molecule has 30 heavy (non-hydrogen) atoms. The Morgan fingerprint density at radius 2 is 2.03 bits per heavy atom. The van der Waals surface area contributed by atoms with E-state index < -0.39 is 11.9 Å². The zero-order valence-electron chi connectivity index (χ0n) is 15.8. The van der Waals surface area contributed by atoms with Gasteiger partial charge in [-0.25, -0.2) is 4.98 Å². The SMILES string of the molecule is O=C(OCc1cc(=O)n2ccsc2n1)[C@H]1CC(=O)N(c2ccc3c(c2)OCCO3)C1. The number of fused-ring (bicyclic) bond motifs is 2. The van der Waals surface area contributed by atoms with Crippen molar-refractivity contribution in [3.8, 4) is 11.5 Å². The summed E-state index contributed by atoms with van der Waals surface area (Å²) in [5.41, 5.74) is 0.800. The van der Waals surface area contributed by atoms with Crippen LogP contribution < -0.4 is 19.9 Å². The molecular weight excluding hydrogens is 410 g/mol. The van der Waals surface area contributed by atoms with Crippen molar-refractivity contribution >= 4 is 33.9 Å². The van der Waals surface area contributed by atoms with Crippen molar-refractivity contribution in [1.29, 1.82) is 0 Å². The van der Waals surface area contributed by atoms with Crippen molar-refractivity contribution < 1.29 is 23.8 Å². The number of amides is 1. The van der Waals surface area contributed by atoms with Gasteiger partial charge < -0.3 is 19.1 Å². The zero-order valence-corrected chi connectivity index (χ0v) is 16.6. The van der Waals surface area contributed by atoms with Crippen LogP contribution in [-0.4, -0.2) is 41.0 Å². The summed E-state index contributed by atoms with van der Waals surface area (Å²) < 4.78 is 17.8. The average molecular weight is 427 g/mol. The van der Waals surface area contributed by atoms with Gasteiger partial charge in [0.2, 0.25) is 5.91 Å². The summed E-state index contributed by atoms with van der Waals surface area (Å²) in [6.45, 7) is 1.05. The molecule has 2 aliphatic heterocycles. The highest BCUT2D eigenvalue weighted by Crippen LogP contribution is 2.36. The highest BCUT2D eigenvalue weighted by Gasteiger charge is 2.36. The number of carbonyl (C=O) groups is 2. The Morgan fingerprint density at radius 1 is 1.20 bits per heavy atom. The number of aromatic nitrogens is 2. The molecule has 1 saturated heterocycles. The maximum absolute atomic E-state index is 12.5. The van der Waals surface area contributed by atoms with E-state index in [1.165, 1.54) is 21.8 Å². The topological polar surface area (TPSA) is 99.4 Å². The number of hydrogen-bond donors (Lipinski definition) is 0. The number of benzene rings is 1. The van der Waals surface area contributed by atoms with Gasteiger partial charge in [-0.3, -0.25) is 18.8 Å². The first-order valence-electron chi connectivity index (χ1n) is 9.41. The van der Waals surface area contributed by atoms with E-state index in [1.54, 1.807) is 34.7 Å². The quantitative estimate of drug-likeness (QED) is 0.584. The van der Waals surface area contributed by atoms with Gasteiger partial charge in [0.25, 0.3) is 5.56 Å². The molecule has 0 radical (unpaired) electrons. The maximum Gasteiger partial charge on any atom is 0.311 e. The minimum atomic E-state index is -0.586. The third kappa shape index (κ3) is 3.39. The van der Waals surface area contributed by atoms with E-state index in [4.69, 9.17) is 14.2 Å². The summed E-state index contributed by atoms with van der Waals surface area (Å²) in [5.74, 6) is -0.0172. The third-order valence-corrected chi connectivity index (χ3v) is 5.77. The fraction of sp³-hybridized carbons (Fsp3) is 0.300. The molecular formula is C20H17N3O6S. The number of nitrogens with zero attached hydrogens (tertiary/aromatic N) is 3. The lowest BCUT2D eigenvalue weighted by Crippen LogP contribution is -2.27. The van der Waals surface area contributed by atoms with Crippen LogP contribution in [0.15, 0.2) is 40.6 Å². The molecule has 0 unspecified atom stereocenters. The van der Waals surface area contributed by atoms with Gasteiger partial charge in [0.15, 0.2) is 16.5 Å². The molecule has 1 amide bonds. The van der Waals surface area contributed by atoms with Crippen molar-refractivity contribution in [1.82, 2.24) is 9.38 Å². The van der Waals surface area contributed by atoms with Gasteiger partial charge in [-0.2, -0.15) is 0 Å². The number of anilines is 1. The lowest BCUT2D eigenvalue weighted by molar-refractivity contribution is -0.149. The Morgan fingerprint density at radius 3 is 2.90 bits per heavy atom. The first kappa shape index (κ1) is 18.6. The Balaban J connectivity index is 1.25. The Hall–Kier alpha value is -3.40. The van der Waals surface area contributed by atoms with Crippen LogP contribution in [-0.2, 0) is 20.9 Å². The molecule has 5 rings (SSSR count). The number of ether oxygens (including phenoxy) is 3. The second-order valence-corrected chi connectivity index (χ2v) is 7.86. The van der Waals surface area contributed by atoms with E-state index in [2.05, 4.69) is 4.98 Å². The third-order valence-electron chi connectivity index (χ3n) is 5.01. The van der Waals surface area contributed by atoms with Gasteiger partial charge in [0.1, 0.15) is 19.8 Å². The predicted octanol–water partition coefficient (Wildman–Crippen LogP) is 1.62. The summed E-state index contributed by atoms with van der Waals surface area (Å²) in [6, 6.07) is 6.61. The predicted molar refractivity (Wildman–Crippen MR) is 107 cm³/mol. The molecule has 0 bridgehead atoms. The van der Waals surface area contributed by atoms with Crippen LogP contribution >= 0.6 is 11.3 Å². The standard InChI is InChI=1S/C20H17N3O6S/c24-17-7-12(10-23(17)14-1-2-15-16(9-14)28-5-4-27-15)19(26)29-11-13-8-18(25)22-3-6-30-20(22)21-13/h1-3,6,8-9,12H,4-5,7,10-11H2/t12-/m0/s1. The molecule has 1 atom stereocenters. The fourth-order valence-corrected chi connectivity index (χ4v) is 4.28. The first-order chi connectivity index (χ1) is 14.6. The van der Waals surface area contributed by atoms with E-state index in [0.717, 1.165) is 0 Å². The van der Waals surface area contributed by atoms with Gasteiger partial charge >= 0.3 is 5.97 Å². The molecule has 0 saturated carbocycles. The van der Waals surface area contributed by atoms with Crippen molar-refractivity contribution in [3.05, 3.63) is 51.9 Å². The summed E-state index contributed by atoms with van der Waals surface area (Å²) in [7, 11) is 0. The lowest BCUT2D eigenvalue weighted by atomic mass is 10.1. The van der Waals surface area contributed by atoms with Crippen molar-refractivity contribution in [2.75, 3.05) is 24.7 Å². The summed E-state index contributed by atoms with van der Waals surface area (Å²) in [5, 5.41) is 1.76. The Bertz CT molecular complexity index is 1200. The van der Waals surface area contributed by atoms with E-state index in [0.29, 0.717) is 41.1 Å². The number of rotatable bonds is 4. The van der Waals surface area contributed by atoms with Crippen LogP contribution in [0.5, 0.6) is 11.5 Å². The fourth-order valence-electron chi connectivity index (χ4n) is 3.54. The highest BCUT2D eigenvalue weighted by molar-refractivity contribution is 7.15. The number of carbonyl (C=O) groups excluding carboxylic acids is 2. The molecule has 1 fully saturated rings. The van der Waals surface area contributed by atoms with Crippen LogP contribution in [0.3, 0.4) is 0 Å².